The first-order valence-corrected chi connectivity index (χ1v) is 5.81. The van der Waals surface area contributed by atoms with Crippen LogP contribution in [0.1, 0.15) is 15.9 Å². The Morgan fingerprint density at radius 3 is 2.68 bits per heavy atom. The number of para-hydroxylation sites is 1. The van der Waals surface area contributed by atoms with Crippen molar-refractivity contribution in [1.82, 2.24) is 0 Å². The highest BCUT2D eigenvalue weighted by atomic mass is 19.1. The molecular formula is C15H13FO3. The van der Waals surface area contributed by atoms with Crippen molar-refractivity contribution in [2.45, 2.75) is 6.61 Å². The Bertz CT molecular complexity index is 581. The number of aliphatic hydroxyl groups is 1. The van der Waals surface area contributed by atoms with Crippen molar-refractivity contribution in [3.8, 4) is 5.75 Å². The molecule has 2 aromatic carbocycles. The zero-order valence-corrected chi connectivity index (χ0v) is 10.2. The molecule has 4 heteroatoms. The van der Waals surface area contributed by atoms with Crippen LogP contribution in [0.4, 0.5) is 4.39 Å². The molecule has 3 nitrogen and oxygen atoms in total. The summed E-state index contributed by atoms with van der Waals surface area (Å²) in [4.78, 5) is 11.8. The van der Waals surface area contributed by atoms with E-state index in [0.29, 0.717) is 11.3 Å². The average Bonchev–Trinajstić information content (AvgIpc) is 2.45. The number of halogens is 1. The van der Waals surface area contributed by atoms with Crippen molar-refractivity contribution in [3.63, 3.8) is 0 Å². The van der Waals surface area contributed by atoms with Crippen LogP contribution in [0.5, 0.6) is 5.75 Å². The second-order valence-electron chi connectivity index (χ2n) is 3.99. The monoisotopic (exact) mass is 260 g/mol. The number of aliphatic hydroxyl groups excluding tert-OH is 1. The zero-order chi connectivity index (χ0) is 13.7. The largest absolute Gasteiger partial charge is 0.485 e. The Hall–Kier alpha value is -2.20. The normalized spacial score (nSPS) is 10.2. The lowest BCUT2D eigenvalue weighted by Crippen LogP contribution is -2.12. The van der Waals surface area contributed by atoms with Crippen molar-refractivity contribution in [2.75, 3.05) is 6.61 Å². The molecular weight excluding hydrogens is 247 g/mol. The Kier molecular flexibility index (Phi) is 4.26. The van der Waals surface area contributed by atoms with Gasteiger partial charge in [0.2, 0.25) is 0 Å². The molecule has 0 aliphatic rings. The third kappa shape index (κ3) is 3.39. The minimum absolute atomic E-state index is 0.162. The molecule has 0 amide bonds. The summed E-state index contributed by atoms with van der Waals surface area (Å²) in [6.07, 6.45) is 0. The first-order valence-electron chi connectivity index (χ1n) is 5.81. The lowest BCUT2D eigenvalue weighted by atomic mass is 10.1. The number of Topliss-reactive ketones (excluding diaryl/α,β-unsaturated/α-hetero) is 1. The summed E-state index contributed by atoms with van der Waals surface area (Å²) in [6.45, 7) is -0.356. The van der Waals surface area contributed by atoms with Gasteiger partial charge >= 0.3 is 0 Å². The molecule has 0 saturated carbocycles. The maximum atomic E-state index is 13.0. The number of carbonyl (C=O) groups excluding carboxylic acids is 1. The Morgan fingerprint density at radius 1 is 1.16 bits per heavy atom. The van der Waals surface area contributed by atoms with Gasteiger partial charge in [0.1, 0.15) is 11.6 Å². The Balaban J connectivity index is 2.04. The van der Waals surface area contributed by atoms with E-state index in [2.05, 4.69) is 0 Å². The molecule has 0 fully saturated rings. The summed E-state index contributed by atoms with van der Waals surface area (Å²) in [6, 6.07) is 12.4. The molecule has 0 radical (unpaired) electrons. The van der Waals surface area contributed by atoms with Crippen LogP contribution in [0, 0.1) is 5.82 Å². The van der Waals surface area contributed by atoms with Crippen LogP contribution in [-0.2, 0) is 6.61 Å². The first-order chi connectivity index (χ1) is 9.20. The van der Waals surface area contributed by atoms with Crippen LogP contribution < -0.4 is 4.74 Å². The number of ketones is 1. The molecule has 0 saturated heterocycles. The van der Waals surface area contributed by atoms with Gasteiger partial charge in [-0.25, -0.2) is 4.39 Å². The third-order valence-electron chi connectivity index (χ3n) is 2.65. The van der Waals surface area contributed by atoms with E-state index in [1.165, 1.54) is 24.3 Å². The Morgan fingerprint density at radius 2 is 1.95 bits per heavy atom. The molecule has 0 atom stereocenters. The number of hydrogen-bond donors (Lipinski definition) is 1. The highest BCUT2D eigenvalue weighted by Gasteiger charge is 2.09. The molecule has 2 aromatic rings. The molecule has 1 N–H and O–H groups in total. The predicted octanol–water partition coefficient (Wildman–Crippen LogP) is 2.58. The summed E-state index contributed by atoms with van der Waals surface area (Å²) >= 11 is 0. The van der Waals surface area contributed by atoms with Gasteiger partial charge in [0.25, 0.3) is 0 Å². The minimum Gasteiger partial charge on any atom is -0.485 e. The third-order valence-corrected chi connectivity index (χ3v) is 2.65. The van der Waals surface area contributed by atoms with Crippen molar-refractivity contribution in [2.24, 2.45) is 0 Å². The topological polar surface area (TPSA) is 46.5 Å². The van der Waals surface area contributed by atoms with E-state index in [4.69, 9.17) is 9.84 Å². The SMILES string of the molecule is O=C(COc1ccccc1CO)c1cccc(F)c1. The predicted molar refractivity (Wildman–Crippen MR) is 68.6 cm³/mol. The lowest BCUT2D eigenvalue weighted by Gasteiger charge is -2.09. The molecule has 19 heavy (non-hydrogen) atoms. The number of carbonyl (C=O) groups is 1. The standard InChI is InChI=1S/C15H13FO3/c16-13-6-3-5-11(8-13)14(18)10-19-15-7-2-1-4-12(15)9-17/h1-8,17H,9-10H2. The number of ether oxygens (including phenoxy) is 1. The summed E-state index contributed by atoms with van der Waals surface area (Å²) in [7, 11) is 0. The molecule has 0 aliphatic carbocycles. The van der Waals surface area contributed by atoms with Crippen LogP contribution in [0.2, 0.25) is 0 Å². The van der Waals surface area contributed by atoms with Gasteiger partial charge in [-0.1, -0.05) is 30.3 Å². The number of rotatable bonds is 5. The van der Waals surface area contributed by atoms with Gasteiger partial charge in [-0.2, -0.15) is 0 Å². The fraction of sp³-hybridized carbons (Fsp3) is 0.133. The van der Waals surface area contributed by atoms with E-state index in [9.17, 15) is 9.18 Å². The maximum Gasteiger partial charge on any atom is 0.200 e. The van der Waals surface area contributed by atoms with Crippen LogP contribution in [0.15, 0.2) is 48.5 Å². The number of hydrogen-bond acceptors (Lipinski definition) is 3. The first kappa shape index (κ1) is 13.2. The van der Waals surface area contributed by atoms with Crippen LogP contribution in [0.3, 0.4) is 0 Å². The molecule has 2 rings (SSSR count). The van der Waals surface area contributed by atoms with Gasteiger partial charge < -0.3 is 9.84 Å². The van der Waals surface area contributed by atoms with Gasteiger partial charge in [-0.3, -0.25) is 4.79 Å². The van der Waals surface area contributed by atoms with Crippen molar-refractivity contribution in [3.05, 3.63) is 65.5 Å². The van der Waals surface area contributed by atoms with Crippen molar-refractivity contribution >= 4 is 5.78 Å². The van der Waals surface area contributed by atoms with E-state index in [-0.39, 0.29) is 24.6 Å². The lowest BCUT2D eigenvalue weighted by molar-refractivity contribution is 0.0919. The van der Waals surface area contributed by atoms with E-state index in [1.807, 2.05) is 0 Å². The fourth-order valence-electron chi connectivity index (χ4n) is 1.66. The van der Waals surface area contributed by atoms with Gasteiger partial charge in [-0.15, -0.1) is 0 Å². The van der Waals surface area contributed by atoms with E-state index in [0.717, 1.165) is 0 Å². The quantitative estimate of drug-likeness (QED) is 0.840. The zero-order valence-electron chi connectivity index (χ0n) is 10.2. The van der Waals surface area contributed by atoms with Gasteiger partial charge in [0.15, 0.2) is 12.4 Å². The van der Waals surface area contributed by atoms with Crippen LogP contribution >= 0.6 is 0 Å². The average molecular weight is 260 g/mol. The van der Waals surface area contributed by atoms with Crippen LogP contribution in [-0.4, -0.2) is 17.5 Å². The van der Waals surface area contributed by atoms with Crippen molar-refractivity contribution in [1.29, 1.82) is 0 Å². The highest BCUT2D eigenvalue weighted by Crippen LogP contribution is 2.18. The maximum absolute atomic E-state index is 13.0. The van der Waals surface area contributed by atoms with Gasteiger partial charge in [-0.05, 0) is 18.2 Å². The van der Waals surface area contributed by atoms with Gasteiger partial charge in [0, 0.05) is 11.1 Å². The molecule has 0 spiro atoms. The Labute approximate surface area is 110 Å². The summed E-state index contributed by atoms with van der Waals surface area (Å²) in [5.41, 5.74) is 0.871. The minimum atomic E-state index is -0.457. The molecule has 0 unspecified atom stereocenters. The van der Waals surface area contributed by atoms with E-state index in [1.54, 1.807) is 24.3 Å². The molecule has 98 valence electrons. The highest BCUT2D eigenvalue weighted by molar-refractivity contribution is 5.97. The second kappa shape index (κ2) is 6.11. The number of benzene rings is 2. The molecule has 0 aromatic heterocycles. The van der Waals surface area contributed by atoms with Gasteiger partial charge in [0.05, 0.1) is 6.61 Å². The molecule has 0 bridgehead atoms. The second-order valence-corrected chi connectivity index (χ2v) is 3.99. The molecule has 0 aliphatic heterocycles. The summed E-state index contributed by atoms with van der Waals surface area (Å²) in [5, 5.41) is 9.12. The summed E-state index contributed by atoms with van der Waals surface area (Å²) in [5.74, 6) is -0.316. The smallest absolute Gasteiger partial charge is 0.200 e. The van der Waals surface area contributed by atoms with Crippen LogP contribution in [0.25, 0.3) is 0 Å². The van der Waals surface area contributed by atoms with E-state index < -0.39 is 5.82 Å². The summed E-state index contributed by atoms with van der Waals surface area (Å²) < 4.78 is 18.3. The molecule has 0 heterocycles. The fourth-order valence-corrected chi connectivity index (χ4v) is 1.66. The van der Waals surface area contributed by atoms with Crippen molar-refractivity contribution < 1.29 is 19.0 Å². The van der Waals surface area contributed by atoms with E-state index >= 15 is 0 Å².